The van der Waals surface area contributed by atoms with Crippen LogP contribution in [0.4, 0.5) is 4.79 Å². The lowest BCUT2D eigenvalue weighted by atomic mass is 10.1. The number of aliphatic hydroxyl groups excluding tert-OH is 2. The number of carbonyl (C=O) groups is 1. The van der Waals surface area contributed by atoms with E-state index in [0.717, 1.165) is 5.56 Å². The molecule has 0 heterocycles. The Morgan fingerprint density at radius 2 is 1.89 bits per heavy atom. The van der Waals surface area contributed by atoms with Crippen molar-refractivity contribution < 1.29 is 24.9 Å². The quantitative estimate of drug-likeness (QED) is 0.559. The van der Waals surface area contributed by atoms with Crippen LogP contribution in [-0.4, -0.2) is 39.8 Å². The van der Waals surface area contributed by atoms with E-state index in [-0.39, 0.29) is 13.0 Å². The molecule has 0 saturated carbocycles. The average molecular weight is 269 g/mol. The molecular weight excluding hydrogens is 250 g/mol. The summed E-state index contributed by atoms with van der Waals surface area (Å²) in [5, 5.41) is 29.9. The van der Waals surface area contributed by atoms with Crippen molar-refractivity contribution in [1.82, 2.24) is 5.32 Å². The minimum Gasteiger partial charge on any atom is -0.445 e. The lowest BCUT2D eigenvalue weighted by Gasteiger charge is -2.24. The summed E-state index contributed by atoms with van der Waals surface area (Å²) >= 11 is 0. The topological polar surface area (TPSA) is 99.0 Å². The third kappa shape index (κ3) is 5.25. The largest absolute Gasteiger partial charge is 0.445 e. The van der Waals surface area contributed by atoms with Gasteiger partial charge in [-0.25, -0.2) is 4.79 Å². The first kappa shape index (κ1) is 15.4. The van der Waals surface area contributed by atoms with Crippen LogP contribution in [0.15, 0.2) is 30.3 Å². The summed E-state index contributed by atoms with van der Waals surface area (Å²) in [6.07, 6.45) is -3.43. The fraction of sp³-hybridized carbons (Fsp3) is 0.462. The van der Waals surface area contributed by atoms with E-state index in [1.165, 1.54) is 0 Å². The second-order valence-corrected chi connectivity index (χ2v) is 4.12. The van der Waals surface area contributed by atoms with E-state index in [0.29, 0.717) is 0 Å². The number of rotatable bonds is 6. The van der Waals surface area contributed by atoms with Gasteiger partial charge in [0.25, 0.3) is 0 Å². The Morgan fingerprint density at radius 1 is 1.26 bits per heavy atom. The van der Waals surface area contributed by atoms with Gasteiger partial charge < -0.3 is 25.4 Å². The summed E-state index contributed by atoms with van der Waals surface area (Å²) in [5.41, 5.74) is 0.815. The van der Waals surface area contributed by atoms with Crippen LogP contribution in [0.3, 0.4) is 0 Å². The normalized spacial score (nSPS) is 13.9. The van der Waals surface area contributed by atoms with Crippen molar-refractivity contribution in [2.45, 2.75) is 38.4 Å². The van der Waals surface area contributed by atoms with Gasteiger partial charge in [-0.2, -0.15) is 0 Å². The van der Waals surface area contributed by atoms with Gasteiger partial charge in [-0.1, -0.05) is 37.3 Å². The zero-order valence-electron chi connectivity index (χ0n) is 10.7. The lowest BCUT2D eigenvalue weighted by Crippen LogP contribution is -2.50. The minimum absolute atomic E-state index is 0.0726. The van der Waals surface area contributed by atoms with E-state index in [1.807, 2.05) is 18.2 Å². The first-order valence-electron chi connectivity index (χ1n) is 6.06. The van der Waals surface area contributed by atoms with Crippen LogP contribution in [0, 0.1) is 0 Å². The molecule has 0 saturated heterocycles. The first-order chi connectivity index (χ1) is 9.04. The van der Waals surface area contributed by atoms with Gasteiger partial charge >= 0.3 is 6.09 Å². The predicted molar refractivity (Wildman–Crippen MR) is 68.1 cm³/mol. The molecule has 1 amide bonds. The number of carbonyl (C=O) groups excluding carboxylic acids is 1. The molecule has 0 aliphatic rings. The summed E-state index contributed by atoms with van der Waals surface area (Å²) in [6.45, 7) is 1.74. The predicted octanol–water partition coefficient (Wildman–Crippen LogP) is 0.363. The molecule has 6 nitrogen and oxygen atoms in total. The van der Waals surface area contributed by atoms with Gasteiger partial charge in [0.1, 0.15) is 12.6 Å². The van der Waals surface area contributed by atoms with Crippen molar-refractivity contribution in [3.05, 3.63) is 35.9 Å². The number of ether oxygens (including phenoxy) is 1. The molecule has 0 radical (unpaired) electrons. The second kappa shape index (κ2) is 7.73. The fourth-order valence-electron chi connectivity index (χ4n) is 1.52. The molecule has 6 heteroatoms. The Bertz CT molecular complexity index is 382. The molecule has 0 fully saturated rings. The van der Waals surface area contributed by atoms with Crippen LogP contribution in [-0.2, 0) is 11.3 Å². The third-order valence-electron chi connectivity index (χ3n) is 2.65. The zero-order chi connectivity index (χ0) is 14.3. The highest BCUT2D eigenvalue weighted by atomic mass is 16.5. The molecule has 1 aromatic rings. The molecule has 1 rings (SSSR count). The van der Waals surface area contributed by atoms with Crippen molar-refractivity contribution in [2.24, 2.45) is 0 Å². The number of aliphatic hydroxyl groups is 3. The maximum Gasteiger partial charge on any atom is 0.407 e. The van der Waals surface area contributed by atoms with Crippen LogP contribution in [0.5, 0.6) is 0 Å². The SMILES string of the molecule is CC[C@@H](O)[C@H](NC(=O)OCc1ccccc1)C(O)O. The molecule has 2 atom stereocenters. The van der Waals surface area contributed by atoms with Gasteiger partial charge in [0.05, 0.1) is 6.10 Å². The molecule has 0 bridgehead atoms. The van der Waals surface area contributed by atoms with E-state index in [2.05, 4.69) is 5.32 Å². The Kier molecular flexibility index (Phi) is 6.27. The smallest absolute Gasteiger partial charge is 0.407 e. The van der Waals surface area contributed by atoms with E-state index >= 15 is 0 Å². The highest BCUT2D eigenvalue weighted by molar-refractivity contribution is 5.67. The van der Waals surface area contributed by atoms with E-state index < -0.39 is 24.5 Å². The first-order valence-corrected chi connectivity index (χ1v) is 6.06. The van der Waals surface area contributed by atoms with Crippen molar-refractivity contribution >= 4 is 6.09 Å². The number of hydrogen-bond acceptors (Lipinski definition) is 5. The Balaban J connectivity index is 2.45. The summed E-state index contributed by atoms with van der Waals surface area (Å²) in [7, 11) is 0. The maximum atomic E-state index is 11.5. The lowest BCUT2D eigenvalue weighted by molar-refractivity contribution is -0.0955. The summed E-state index contributed by atoms with van der Waals surface area (Å²) in [5.74, 6) is 0. The molecular formula is C13H19NO5. The molecule has 4 N–H and O–H groups in total. The van der Waals surface area contributed by atoms with Crippen LogP contribution in [0.2, 0.25) is 0 Å². The van der Waals surface area contributed by atoms with Gasteiger partial charge in [-0.3, -0.25) is 0 Å². The number of hydrogen-bond donors (Lipinski definition) is 4. The number of amides is 1. The second-order valence-electron chi connectivity index (χ2n) is 4.12. The summed E-state index contributed by atoms with van der Waals surface area (Å²) in [6, 6.07) is 7.90. The Labute approximate surface area is 111 Å². The molecule has 106 valence electrons. The van der Waals surface area contributed by atoms with Gasteiger partial charge in [0.2, 0.25) is 0 Å². The molecule has 0 aliphatic carbocycles. The van der Waals surface area contributed by atoms with E-state index in [1.54, 1.807) is 19.1 Å². The Hall–Kier alpha value is -1.63. The monoisotopic (exact) mass is 269 g/mol. The van der Waals surface area contributed by atoms with Crippen molar-refractivity contribution in [1.29, 1.82) is 0 Å². The minimum atomic E-state index is -1.85. The van der Waals surface area contributed by atoms with Gasteiger partial charge in [-0.05, 0) is 12.0 Å². The van der Waals surface area contributed by atoms with Crippen LogP contribution < -0.4 is 5.32 Å². The van der Waals surface area contributed by atoms with Crippen molar-refractivity contribution in [2.75, 3.05) is 0 Å². The fourth-order valence-corrected chi connectivity index (χ4v) is 1.52. The molecule has 1 aromatic carbocycles. The van der Waals surface area contributed by atoms with Crippen LogP contribution in [0.25, 0.3) is 0 Å². The van der Waals surface area contributed by atoms with Gasteiger partial charge in [-0.15, -0.1) is 0 Å². The van der Waals surface area contributed by atoms with E-state index in [9.17, 15) is 9.90 Å². The number of benzene rings is 1. The number of alkyl carbamates (subject to hydrolysis) is 1. The third-order valence-corrected chi connectivity index (χ3v) is 2.65. The average Bonchev–Trinajstić information content (AvgIpc) is 2.42. The maximum absolute atomic E-state index is 11.5. The standard InChI is InChI=1S/C13H19NO5/c1-2-10(15)11(12(16)17)14-13(18)19-8-9-6-4-3-5-7-9/h3-7,10-12,15-17H,2,8H2,1H3,(H,14,18)/t10-,11+/m1/s1. The molecule has 0 unspecified atom stereocenters. The Morgan fingerprint density at radius 3 is 2.42 bits per heavy atom. The summed E-state index contributed by atoms with van der Waals surface area (Å²) < 4.78 is 4.92. The van der Waals surface area contributed by atoms with Crippen LogP contribution in [0.1, 0.15) is 18.9 Å². The highest BCUT2D eigenvalue weighted by Gasteiger charge is 2.26. The number of nitrogens with one attached hydrogen (secondary N) is 1. The summed E-state index contributed by atoms with van der Waals surface area (Å²) in [4.78, 5) is 11.5. The zero-order valence-corrected chi connectivity index (χ0v) is 10.7. The molecule has 19 heavy (non-hydrogen) atoms. The highest BCUT2D eigenvalue weighted by Crippen LogP contribution is 2.04. The van der Waals surface area contributed by atoms with Gasteiger partial charge in [0, 0.05) is 0 Å². The van der Waals surface area contributed by atoms with Crippen molar-refractivity contribution in [3.63, 3.8) is 0 Å². The molecule has 0 aromatic heterocycles. The van der Waals surface area contributed by atoms with Crippen LogP contribution >= 0.6 is 0 Å². The van der Waals surface area contributed by atoms with Gasteiger partial charge in [0.15, 0.2) is 6.29 Å². The van der Waals surface area contributed by atoms with E-state index in [4.69, 9.17) is 14.9 Å². The molecule has 0 aliphatic heterocycles. The van der Waals surface area contributed by atoms with Crippen molar-refractivity contribution in [3.8, 4) is 0 Å². The molecule has 0 spiro atoms.